The lowest BCUT2D eigenvalue weighted by atomic mass is 9.99. The summed E-state index contributed by atoms with van der Waals surface area (Å²) in [6, 6.07) is 0. The van der Waals surface area contributed by atoms with E-state index in [9.17, 15) is 4.79 Å². The molecular formula is C19H39N5O. The van der Waals surface area contributed by atoms with Gasteiger partial charge in [-0.15, -0.1) is 0 Å². The number of piperidine rings is 1. The molecule has 0 bridgehead atoms. The summed E-state index contributed by atoms with van der Waals surface area (Å²) in [4.78, 5) is 23.3. The third kappa shape index (κ3) is 8.08. The number of rotatable bonds is 9. The van der Waals surface area contributed by atoms with E-state index in [2.05, 4.69) is 24.1 Å². The topological polar surface area (TPSA) is 51.2 Å². The highest BCUT2D eigenvalue weighted by Crippen LogP contribution is 2.15. The van der Waals surface area contributed by atoms with Crippen molar-refractivity contribution in [2.75, 3.05) is 59.4 Å². The number of amides is 1. The lowest BCUT2D eigenvalue weighted by Gasteiger charge is -2.30. The molecular weight excluding hydrogens is 314 g/mol. The molecule has 1 saturated heterocycles. The second-order valence-electron chi connectivity index (χ2n) is 7.04. The molecule has 0 spiro atoms. The Morgan fingerprint density at radius 1 is 1.20 bits per heavy atom. The van der Waals surface area contributed by atoms with E-state index in [4.69, 9.17) is 4.99 Å². The fourth-order valence-corrected chi connectivity index (χ4v) is 3.19. The summed E-state index contributed by atoms with van der Waals surface area (Å²) in [7, 11) is 1.94. The molecule has 1 aliphatic rings. The number of aliphatic imine (C=N–C) groups is 1. The van der Waals surface area contributed by atoms with Crippen molar-refractivity contribution >= 4 is 11.9 Å². The molecule has 1 N–H and O–H groups in total. The number of hydrogen-bond acceptors (Lipinski definition) is 3. The van der Waals surface area contributed by atoms with Crippen LogP contribution in [0.5, 0.6) is 0 Å². The normalized spacial score (nSPS) is 16.8. The number of nitrogens with one attached hydrogen (secondary N) is 1. The van der Waals surface area contributed by atoms with Crippen LogP contribution in [0.15, 0.2) is 4.99 Å². The van der Waals surface area contributed by atoms with Crippen molar-refractivity contribution in [3.05, 3.63) is 0 Å². The van der Waals surface area contributed by atoms with E-state index in [0.29, 0.717) is 6.54 Å². The molecule has 1 rings (SSSR count). The van der Waals surface area contributed by atoms with Crippen LogP contribution < -0.4 is 5.32 Å². The summed E-state index contributed by atoms with van der Waals surface area (Å²) in [5.74, 6) is 1.86. The molecule has 0 aromatic rings. The molecule has 0 unspecified atom stereocenters. The van der Waals surface area contributed by atoms with Gasteiger partial charge < -0.3 is 20.0 Å². The number of guanidine groups is 1. The van der Waals surface area contributed by atoms with Crippen LogP contribution in [0.4, 0.5) is 0 Å². The first-order valence-electron chi connectivity index (χ1n) is 10.0. The van der Waals surface area contributed by atoms with Gasteiger partial charge in [-0.1, -0.05) is 6.92 Å². The lowest BCUT2D eigenvalue weighted by Crippen LogP contribution is -2.45. The Labute approximate surface area is 154 Å². The highest BCUT2D eigenvalue weighted by atomic mass is 16.2. The van der Waals surface area contributed by atoms with Gasteiger partial charge in [0.2, 0.25) is 5.91 Å². The Kier molecular flexibility index (Phi) is 10.5. The summed E-state index contributed by atoms with van der Waals surface area (Å²) in [6.45, 7) is 15.5. The molecule has 6 heteroatoms. The van der Waals surface area contributed by atoms with Crippen molar-refractivity contribution in [2.24, 2.45) is 10.9 Å². The maximum atomic E-state index is 12.3. The van der Waals surface area contributed by atoms with Crippen molar-refractivity contribution < 1.29 is 4.79 Å². The molecule has 0 saturated carbocycles. The Morgan fingerprint density at radius 2 is 1.84 bits per heavy atom. The molecule has 1 aliphatic heterocycles. The zero-order chi connectivity index (χ0) is 18.7. The van der Waals surface area contributed by atoms with Crippen molar-refractivity contribution in [1.29, 1.82) is 0 Å². The SMILES string of the molecule is CCNC(=NCCCN1CCC(C)CC1)N(C)CC(=O)N(CC)CC. The number of carbonyl (C=O) groups excluding carboxylic acids is 1. The minimum Gasteiger partial charge on any atom is -0.357 e. The Balaban J connectivity index is 2.42. The van der Waals surface area contributed by atoms with Gasteiger partial charge in [0.15, 0.2) is 5.96 Å². The van der Waals surface area contributed by atoms with Crippen LogP contribution in [0, 0.1) is 5.92 Å². The summed E-state index contributed by atoms with van der Waals surface area (Å²) in [5.41, 5.74) is 0. The maximum absolute atomic E-state index is 12.3. The zero-order valence-electron chi connectivity index (χ0n) is 17.1. The first-order valence-corrected chi connectivity index (χ1v) is 10.0. The number of nitrogens with zero attached hydrogens (tertiary/aromatic N) is 4. The predicted octanol–water partition coefficient (Wildman–Crippen LogP) is 1.87. The monoisotopic (exact) mass is 353 g/mol. The Bertz CT molecular complexity index is 401. The third-order valence-electron chi connectivity index (χ3n) is 4.96. The third-order valence-corrected chi connectivity index (χ3v) is 4.96. The lowest BCUT2D eigenvalue weighted by molar-refractivity contribution is -0.131. The van der Waals surface area contributed by atoms with Crippen molar-refractivity contribution in [3.63, 3.8) is 0 Å². The van der Waals surface area contributed by atoms with Crippen LogP contribution in [0.3, 0.4) is 0 Å². The highest BCUT2D eigenvalue weighted by Gasteiger charge is 2.16. The number of likely N-dealkylation sites (N-methyl/N-ethyl adjacent to an activating group) is 2. The minimum absolute atomic E-state index is 0.153. The molecule has 0 atom stereocenters. The van der Waals surface area contributed by atoms with Crippen molar-refractivity contribution in [3.8, 4) is 0 Å². The van der Waals surface area contributed by atoms with Gasteiger partial charge in [0, 0.05) is 33.2 Å². The van der Waals surface area contributed by atoms with E-state index in [-0.39, 0.29) is 5.91 Å². The zero-order valence-corrected chi connectivity index (χ0v) is 17.1. The largest absolute Gasteiger partial charge is 0.357 e. The van der Waals surface area contributed by atoms with Crippen LogP contribution in [0.1, 0.15) is 47.0 Å². The molecule has 1 heterocycles. The van der Waals surface area contributed by atoms with Crippen molar-refractivity contribution in [2.45, 2.75) is 47.0 Å². The van der Waals surface area contributed by atoms with Gasteiger partial charge in [0.05, 0.1) is 6.54 Å². The number of likely N-dealkylation sites (tertiary alicyclic amines) is 1. The maximum Gasteiger partial charge on any atom is 0.242 e. The minimum atomic E-state index is 0.153. The average Bonchev–Trinajstić information content (AvgIpc) is 2.60. The van der Waals surface area contributed by atoms with Crippen LogP contribution in [0.25, 0.3) is 0 Å². The van der Waals surface area contributed by atoms with Crippen LogP contribution >= 0.6 is 0 Å². The first kappa shape index (κ1) is 21.7. The van der Waals surface area contributed by atoms with Gasteiger partial charge in [0.1, 0.15) is 0 Å². The second kappa shape index (κ2) is 12.1. The van der Waals surface area contributed by atoms with E-state index in [1.807, 2.05) is 30.7 Å². The van der Waals surface area contributed by atoms with Gasteiger partial charge in [-0.3, -0.25) is 9.79 Å². The quantitative estimate of drug-likeness (QED) is 0.391. The van der Waals surface area contributed by atoms with Gasteiger partial charge in [-0.05, 0) is 65.6 Å². The molecule has 0 radical (unpaired) electrons. The Morgan fingerprint density at radius 3 is 2.40 bits per heavy atom. The predicted molar refractivity (Wildman–Crippen MR) is 106 cm³/mol. The summed E-state index contributed by atoms with van der Waals surface area (Å²) in [5, 5.41) is 3.30. The summed E-state index contributed by atoms with van der Waals surface area (Å²) < 4.78 is 0. The molecule has 0 aromatic carbocycles. The van der Waals surface area contributed by atoms with E-state index in [1.165, 1.54) is 25.9 Å². The van der Waals surface area contributed by atoms with Gasteiger partial charge >= 0.3 is 0 Å². The van der Waals surface area contributed by atoms with Gasteiger partial charge in [-0.25, -0.2) is 0 Å². The first-order chi connectivity index (χ1) is 12.0. The van der Waals surface area contributed by atoms with Crippen LogP contribution in [-0.2, 0) is 4.79 Å². The van der Waals surface area contributed by atoms with Crippen LogP contribution in [0.2, 0.25) is 0 Å². The van der Waals surface area contributed by atoms with E-state index < -0.39 is 0 Å². The highest BCUT2D eigenvalue weighted by molar-refractivity contribution is 5.86. The average molecular weight is 354 g/mol. The molecule has 0 aromatic heterocycles. The Hall–Kier alpha value is -1.30. The fraction of sp³-hybridized carbons (Fsp3) is 0.895. The molecule has 6 nitrogen and oxygen atoms in total. The van der Waals surface area contributed by atoms with E-state index in [1.54, 1.807) is 0 Å². The molecule has 146 valence electrons. The molecule has 1 fully saturated rings. The summed E-state index contributed by atoms with van der Waals surface area (Å²) >= 11 is 0. The number of hydrogen-bond donors (Lipinski definition) is 1. The summed E-state index contributed by atoms with van der Waals surface area (Å²) in [6.07, 6.45) is 3.71. The molecule has 25 heavy (non-hydrogen) atoms. The van der Waals surface area contributed by atoms with E-state index in [0.717, 1.165) is 51.0 Å². The van der Waals surface area contributed by atoms with Crippen LogP contribution in [-0.4, -0.2) is 86.0 Å². The molecule has 0 aliphatic carbocycles. The second-order valence-corrected chi connectivity index (χ2v) is 7.04. The fourth-order valence-electron chi connectivity index (χ4n) is 3.19. The van der Waals surface area contributed by atoms with Gasteiger partial charge in [0.25, 0.3) is 0 Å². The number of carbonyl (C=O) groups is 1. The standard InChI is InChI=1S/C19H39N5O/c1-6-20-19(22(5)16-18(25)24(7-2)8-3)21-12-9-13-23-14-10-17(4)11-15-23/h17H,6-16H2,1-5H3,(H,20,21). The van der Waals surface area contributed by atoms with Crippen molar-refractivity contribution in [1.82, 2.24) is 20.0 Å². The van der Waals surface area contributed by atoms with Gasteiger partial charge in [-0.2, -0.15) is 0 Å². The smallest absolute Gasteiger partial charge is 0.242 e. The molecule has 1 amide bonds. The van der Waals surface area contributed by atoms with E-state index >= 15 is 0 Å².